The fourth-order valence-corrected chi connectivity index (χ4v) is 1.21. The highest BCUT2D eigenvalue weighted by Gasteiger charge is 2.15. The molecule has 4 nitrogen and oxygen atoms in total. The van der Waals surface area contributed by atoms with Crippen molar-refractivity contribution in [3.05, 3.63) is 36.4 Å². The number of phenols is 1. The number of carbonyl (C=O) groups excluding carboxylic acids is 1. The van der Waals surface area contributed by atoms with Crippen LogP contribution >= 0.6 is 0 Å². The number of aromatic hydroxyl groups is 1. The molecular weight excluding hydrogens is 206 g/mol. The Morgan fingerprint density at radius 1 is 1.62 bits per heavy atom. The fraction of sp³-hybridized carbons (Fsp3) is 0.250. The Labute approximate surface area is 94.6 Å². The molecule has 16 heavy (non-hydrogen) atoms. The topological polar surface area (TPSA) is 58.6 Å². The van der Waals surface area contributed by atoms with E-state index in [0.717, 1.165) is 0 Å². The summed E-state index contributed by atoms with van der Waals surface area (Å²) in [5.41, 5.74) is 0.188. The van der Waals surface area contributed by atoms with E-state index in [1.807, 2.05) is 0 Å². The normalized spacial score (nSPS) is 11.6. The molecule has 0 saturated carbocycles. The van der Waals surface area contributed by atoms with Crippen molar-refractivity contribution in [2.45, 2.75) is 13.0 Å². The SMILES string of the molecule is C=CC(C)NC(=O)c1cccc(OC)c1O. The Bertz CT molecular complexity index is 401. The lowest BCUT2D eigenvalue weighted by Gasteiger charge is -2.11. The molecule has 1 aromatic rings. The number of carbonyl (C=O) groups is 1. The van der Waals surface area contributed by atoms with E-state index in [9.17, 15) is 9.90 Å². The van der Waals surface area contributed by atoms with Crippen LogP contribution < -0.4 is 10.1 Å². The monoisotopic (exact) mass is 221 g/mol. The van der Waals surface area contributed by atoms with Crippen LogP contribution in [0.1, 0.15) is 17.3 Å². The summed E-state index contributed by atoms with van der Waals surface area (Å²) in [6.45, 7) is 5.36. The predicted molar refractivity (Wildman–Crippen MR) is 61.8 cm³/mol. The van der Waals surface area contributed by atoms with Gasteiger partial charge in [-0.3, -0.25) is 4.79 Å². The third-order valence-electron chi connectivity index (χ3n) is 2.18. The molecule has 1 unspecified atom stereocenters. The van der Waals surface area contributed by atoms with Crippen molar-refractivity contribution < 1.29 is 14.6 Å². The lowest BCUT2D eigenvalue weighted by atomic mass is 10.1. The average Bonchev–Trinajstić information content (AvgIpc) is 2.29. The van der Waals surface area contributed by atoms with Gasteiger partial charge in [0.2, 0.25) is 0 Å². The minimum atomic E-state index is -0.358. The van der Waals surface area contributed by atoms with Gasteiger partial charge in [0.15, 0.2) is 11.5 Å². The molecular formula is C12H15NO3. The number of hydrogen-bond acceptors (Lipinski definition) is 3. The lowest BCUT2D eigenvalue weighted by Crippen LogP contribution is -2.30. The van der Waals surface area contributed by atoms with Gasteiger partial charge in [0.05, 0.1) is 12.7 Å². The number of rotatable bonds is 4. The minimum Gasteiger partial charge on any atom is -0.504 e. The molecule has 86 valence electrons. The second kappa shape index (κ2) is 5.21. The van der Waals surface area contributed by atoms with E-state index in [1.54, 1.807) is 25.1 Å². The van der Waals surface area contributed by atoms with Crippen molar-refractivity contribution in [2.24, 2.45) is 0 Å². The van der Waals surface area contributed by atoms with Gasteiger partial charge in [-0.15, -0.1) is 6.58 Å². The maximum atomic E-state index is 11.7. The van der Waals surface area contributed by atoms with E-state index in [-0.39, 0.29) is 29.0 Å². The summed E-state index contributed by atoms with van der Waals surface area (Å²) in [5, 5.41) is 12.4. The van der Waals surface area contributed by atoms with Crippen LogP contribution in [0.15, 0.2) is 30.9 Å². The van der Waals surface area contributed by atoms with E-state index in [1.165, 1.54) is 13.2 Å². The average molecular weight is 221 g/mol. The molecule has 0 aliphatic rings. The Balaban J connectivity index is 2.95. The molecule has 1 aromatic carbocycles. The largest absolute Gasteiger partial charge is 0.504 e. The molecule has 0 saturated heterocycles. The van der Waals surface area contributed by atoms with Crippen LogP contribution in [0.25, 0.3) is 0 Å². The Hall–Kier alpha value is -1.97. The zero-order chi connectivity index (χ0) is 12.1. The van der Waals surface area contributed by atoms with Gasteiger partial charge in [0.25, 0.3) is 5.91 Å². The van der Waals surface area contributed by atoms with Crippen molar-refractivity contribution in [1.29, 1.82) is 0 Å². The van der Waals surface area contributed by atoms with Crippen LogP contribution in [-0.4, -0.2) is 24.2 Å². The molecule has 0 radical (unpaired) electrons. The molecule has 0 heterocycles. The van der Waals surface area contributed by atoms with Gasteiger partial charge in [0, 0.05) is 6.04 Å². The molecule has 1 rings (SSSR count). The maximum absolute atomic E-state index is 11.7. The van der Waals surface area contributed by atoms with E-state index in [0.29, 0.717) is 0 Å². The van der Waals surface area contributed by atoms with Gasteiger partial charge in [0.1, 0.15) is 0 Å². The number of ether oxygens (including phenoxy) is 1. The first-order valence-electron chi connectivity index (χ1n) is 4.89. The van der Waals surface area contributed by atoms with Crippen LogP contribution in [0.3, 0.4) is 0 Å². The van der Waals surface area contributed by atoms with Gasteiger partial charge >= 0.3 is 0 Å². The molecule has 1 atom stereocenters. The second-order valence-electron chi connectivity index (χ2n) is 3.35. The van der Waals surface area contributed by atoms with Gasteiger partial charge in [-0.25, -0.2) is 0 Å². The van der Waals surface area contributed by atoms with Crippen molar-refractivity contribution in [3.63, 3.8) is 0 Å². The maximum Gasteiger partial charge on any atom is 0.255 e. The molecule has 0 aliphatic heterocycles. The number of benzene rings is 1. The van der Waals surface area contributed by atoms with E-state index < -0.39 is 0 Å². The van der Waals surface area contributed by atoms with Crippen molar-refractivity contribution in [2.75, 3.05) is 7.11 Å². The summed E-state index contributed by atoms with van der Waals surface area (Å²) in [4.78, 5) is 11.7. The lowest BCUT2D eigenvalue weighted by molar-refractivity contribution is 0.0943. The van der Waals surface area contributed by atoms with Crippen LogP contribution in [-0.2, 0) is 0 Å². The number of nitrogens with one attached hydrogen (secondary N) is 1. The molecule has 0 fully saturated rings. The Kier molecular flexibility index (Phi) is 3.94. The molecule has 4 heteroatoms. The van der Waals surface area contributed by atoms with Gasteiger partial charge in [-0.1, -0.05) is 12.1 Å². The summed E-state index contributed by atoms with van der Waals surface area (Å²) >= 11 is 0. The van der Waals surface area contributed by atoms with Gasteiger partial charge in [-0.2, -0.15) is 0 Å². The van der Waals surface area contributed by atoms with Crippen LogP contribution in [0.2, 0.25) is 0 Å². The standard InChI is InChI=1S/C12H15NO3/c1-4-8(2)13-12(15)9-6-5-7-10(16-3)11(9)14/h4-8,14H,1H2,2-3H3,(H,13,15). The van der Waals surface area contributed by atoms with E-state index in [2.05, 4.69) is 11.9 Å². The molecule has 2 N–H and O–H groups in total. The smallest absolute Gasteiger partial charge is 0.255 e. The first-order chi connectivity index (χ1) is 7.60. The highest BCUT2D eigenvalue weighted by Crippen LogP contribution is 2.29. The van der Waals surface area contributed by atoms with E-state index in [4.69, 9.17) is 4.74 Å². The van der Waals surface area contributed by atoms with E-state index >= 15 is 0 Å². The zero-order valence-electron chi connectivity index (χ0n) is 9.36. The Morgan fingerprint density at radius 2 is 2.31 bits per heavy atom. The van der Waals surface area contributed by atoms with Crippen molar-refractivity contribution >= 4 is 5.91 Å². The second-order valence-corrected chi connectivity index (χ2v) is 3.35. The van der Waals surface area contributed by atoms with Gasteiger partial charge < -0.3 is 15.2 Å². The predicted octanol–water partition coefficient (Wildman–Crippen LogP) is 1.71. The van der Waals surface area contributed by atoms with Gasteiger partial charge in [-0.05, 0) is 19.1 Å². The number of methoxy groups -OCH3 is 1. The first kappa shape index (κ1) is 12.1. The number of hydrogen-bond donors (Lipinski definition) is 2. The van der Waals surface area contributed by atoms with Crippen molar-refractivity contribution in [3.8, 4) is 11.5 Å². The van der Waals surface area contributed by atoms with Crippen molar-refractivity contribution in [1.82, 2.24) is 5.32 Å². The number of amides is 1. The first-order valence-corrected chi connectivity index (χ1v) is 4.89. The summed E-state index contributed by atoms with van der Waals surface area (Å²) < 4.78 is 4.92. The van der Waals surface area contributed by atoms with Crippen LogP contribution in [0.4, 0.5) is 0 Å². The minimum absolute atomic E-state index is 0.154. The van der Waals surface area contributed by atoms with Crippen LogP contribution in [0, 0.1) is 0 Å². The third-order valence-corrected chi connectivity index (χ3v) is 2.18. The summed E-state index contributed by atoms with van der Waals surface area (Å²) in [5.74, 6) is -0.235. The highest BCUT2D eigenvalue weighted by atomic mass is 16.5. The molecule has 1 amide bonds. The highest BCUT2D eigenvalue weighted by molar-refractivity contribution is 5.97. The Morgan fingerprint density at radius 3 is 2.88 bits per heavy atom. The quantitative estimate of drug-likeness (QED) is 0.761. The molecule has 0 aliphatic carbocycles. The molecule has 0 bridgehead atoms. The zero-order valence-corrected chi connectivity index (χ0v) is 9.36. The molecule has 0 aromatic heterocycles. The number of phenolic OH excluding ortho intramolecular Hbond substituents is 1. The summed E-state index contributed by atoms with van der Waals surface area (Å²) in [7, 11) is 1.43. The number of para-hydroxylation sites is 1. The fourth-order valence-electron chi connectivity index (χ4n) is 1.21. The summed E-state index contributed by atoms with van der Waals surface area (Å²) in [6.07, 6.45) is 1.61. The molecule has 0 spiro atoms. The third kappa shape index (κ3) is 2.53. The van der Waals surface area contributed by atoms with Crippen LogP contribution in [0.5, 0.6) is 11.5 Å². The summed E-state index contributed by atoms with van der Waals surface area (Å²) in [6, 6.07) is 4.61.